The van der Waals surface area contributed by atoms with Crippen LogP contribution in [0.4, 0.5) is 0 Å². The minimum Gasteiger partial charge on any atom is -0.497 e. The zero-order valence-electron chi connectivity index (χ0n) is 13.0. The number of hydrogen-bond acceptors (Lipinski definition) is 7. The van der Waals surface area contributed by atoms with Crippen LogP contribution in [0.3, 0.4) is 0 Å². The lowest BCUT2D eigenvalue weighted by molar-refractivity contribution is 0.394. The molecule has 3 aromatic rings. The Morgan fingerprint density at radius 3 is 2.46 bits per heavy atom. The molecule has 124 valence electrons. The van der Waals surface area contributed by atoms with Crippen LogP contribution in [0.25, 0.3) is 11.5 Å². The molecule has 0 unspecified atom stereocenters. The molecule has 24 heavy (non-hydrogen) atoms. The third-order valence-electron chi connectivity index (χ3n) is 3.16. The number of rotatable bonds is 6. The summed E-state index contributed by atoms with van der Waals surface area (Å²) < 4.78 is 16.2. The van der Waals surface area contributed by atoms with Crippen LogP contribution in [0.5, 0.6) is 11.5 Å². The number of aromatic nitrogens is 3. The first-order valence-corrected chi connectivity index (χ1v) is 8.34. The number of benzene rings is 1. The zero-order valence-corrected chi connectivity index (χ0v) is 14.6. The first kappa shape index (κ1) is 16.6. The van der Waals surface area contributed by atoms with Crippen LogP contribution in [-0.4, -0.2) is 29.4 Å². The summed E-state index contributed by atoms with van der Waals surface area (Å²) in [5.74, 6) is 2.38. The highest BCUT2D eigenvalue weighted by molar-refractivity contribution is 7.98. The van der Waals surface area contributed by atoms with Gasteiger partial charge in [-0.1, -0.05) is 29.4 Å². The molecule has 6 nitrogen and oxygen atoms in total. The zero-order chi connectivity index (χ0) is 16.9. The van der Waals surface area contributed by atoms with Crippen LogP contribution in [0.15, 0.2) is 46.2 Å². The van der Waals surface area contributed by atoms with E-state index in [1.54, 1.807) is 32.5 Å². The molecule has 0 amide bonds. The molecule has 0 radical (unpaired) electrons. The van der Waals surface area contributed by atoms with Crippen molar-refractivity contribution in [3.8, 4) is 23.0 Å². The molecule has 2 aromatic heterocycles. The fourth-order valence-electron chi connectivity index (χ4n) is 1.95. The van der Waals surface area contributed by atoms with Gasteiger partial charge in [-0.25, -0.2) is 4.98 Å². The maximum absolute atomic E-state index is 5.77. The van der Waals surface area contributed by atoms with Crippen molar-refractivity contribution in [1.82, 2.24) is 15.2 Å². The van der Waals surface area contributed by atoms with Gasteiger partial charge in [0.25, 0.3) is 5.22 Å². The van der Waals surface area contributed by atoms with E-state index >= 15 is 0 Å². The van der Waals surface area contributed by atoms with E-state index in [-0.39, 0.29) is 0 Å². The van der Waals surface area contributed by atoms with Crippen molar-refractivity contribution in [3.63, 3.8) is 0 Å². The van der Waals surface area contributed by atoms with E-state index in [4.69, 9.17) is 25.5 Å². The Morgan fingerprint density at radius 2 is 1.83 bits per heavy atom. The van der Waals surface area contributed by atoms with Gasteiger partial charge in [-0.15, -0.1) is 10.2 Å². The maximum atomic E-state index is 5.77. The van der Waals surface area contributed by atoms with Crippen molar-refractivity contribution in [2.75, 3.05) is 14.2 Å². The fraction of sp³-hybridized carbons (Fsp3) is 0.188. The van der Waals surface area contributed by atoms with Crippen LogP contribution >= 0.6 is 23.4 Å². The lowest BCUT2D eigenvalue weighted by Gasteiger charge is -2.05. The largest absolute Gasteiger partial charge is 0.497 e. The predicted molar refractivity (Wildman–Crippen MR) is 91.6 cm³/mol. The van der Waals surface area contributed by atoms with Crippen molar-refractivity contribution in [2.45, 2.75) is 11.0 Å². The van der Waals surface area contributed by atoms with Crippen molar-refractivity contribution in [2.24, 2.45) is 0 Å². The summed E-state index contributed by atoms with van der Waals surface area (Å²) in [6, 6.07) is 9.07. The summed E-state index contributed by atoms with van der Waals surface area (Å²) in [5, 5.41) is 9.07. The van der Waals surface area contributed by atoms with E-state index in [2.05, 4.69) is 15.2 Å². The molecule has 0 fully saturated rings. The molecule has 0 N–H and O–H groups in total. The van der Waals surface area contributed by atoms with Gasteiger partial charge >= 0.3 is 0 Å². The summed E-state index contributed by atoms with van der Waals surface area (Å²) in [7, 11) is 3.18. The Bertz CT molecular complexity index is 801. The standard InChI is InChI=1S/C16H14ClN3O3S/c1-21-12-5-11(6-13(7-12)22-2)15-19-20-16(23-15)24-9-10-3-4-14(17)18-8-10/h3-8H,9H2,1-2H3. The van der Waals surface area contributed by atoms with Gasteiger partial charge in [0, 0.05) is 23.6 Å². The van der Waals surface area contributed by atoms with Crippen LogP contribution in [0.2, 0.25) is 5.15 Å². The molecule has 0 aliphatic rings. The molecule has 0 aliphatic heterocycles. The van der Waals surface area contributed by atoms with Gasteiger partial charge in [-0.2, -0.15) is 0 Å². The molecule has 0 saturated carbocycles. The Balaban J connectivity index is 1.74. The normalized spacial score (nSPS) is 10.6. The van der Waals surface area contributed by atoms with E-state index in [0.29, 0.717) is 33.5 Å². The van der Waals surface area contributed by atoms with E-state index in [9.17, 15) is 0 Å². The lowest BCUT2D eigenvalue weighted by Crippen LogP contribution is -1.88. The summed E-state index contributed by atoms with van der Waals surface area (Å²) in [4.78, 5) is 4.04. The topological polar surface area (TPSA) is 70.3 Å². The highest BCUT2D eigenvalue weighted by Crippen LogP contribution is 2.31. The van der Waals surface area contributed by atoms with Crippen LogP contribution in [0.1, 0.15) is 5.56 Å². The monoisotopic (exact) mass is 363 g/mol. The number of halogens is 1. The third-order valence-corrected chi connectivity index (χ3v) is 4.27. The summed E-state index contributed by atoms with van der Waals surface area (Å²) >= 11 is 7.20. The van der Waals surface area contributed by atoms with Crippen molar-refractivity contribution >= 4 is 23.4 Å². The smallest absolute Gasteiger partial charge is 0.277 e. The molecule has 0 aliphatic carbocycles. The van der Waals surface area contributed by atoms with Crippen LogP contribution < -0.4 is 9.47 Å². The molecule has 3 rings (SSSR count). The van der Waals surface area contributed by atoms with Gasteiger partial charge in [-0.3, -0.25) is 0 Å². The highest BCUT2D eigenvalue weighted by Gasteiger charge is 2.12. The van der Waals surface area contributed by atoms with Gasteiger partial charge in [0.1, 0.15) is 16.7 Å². The first-order chi connectivity index (χ1) is 11.7. The first-order valence-electron chi connectivity index (χ1n) is 6.98. The Hall–Kier alpha value is -2.25. The van der Waals surface area contributed by atoms with Crippen LogP contribution in [-0.2, 0) is 5.75 Å². The highest BCUT2D eigenvalue weighted by atomic mass is 35.5. The molecule has 0 atom stereocenters. The summed E-state index contributed by atoms with van der Waals surface area (Å²) in [6.07, 6.45) is 1.72. The quantitative estimate of drug-likeness (QED) is 0.482. The van der Waals surface area contributed by atoms with E-state index in [1.807, 2.05) is 18.2 Å². The Morgan fingerprint density at radius 1 is 1.08 bits per heavy atom. The van der Waals surface area contributed by atoms with Gasteiger partial charge in [0.2, 0.25) is 5.89 Å². The Labute approximate surface area is 148 Å². The van der Waals surface area contributed by atoms with E-state index in [1.165, 1.54) is 11.8 Å². The van der Waals surface area contributed by atoms with E-state index < -0.39 is 0 Å². The third kappa shape index (κ3) is 3.98. The number of hydrogen-bond donors (Lipinski definition) is 0. The van der Waals surface area contributed by atoms with Gasteiger partial charge in [-0.05, 0) is 23.8 Å². The molecule has 2 heterocycles. The predicted octanol–water partition coefficient (Wildman–Crippen LogP) is 4.09. The molecular formula is C16H14ClN3O3S. The van der Waals surface area contributed by atoms with Crippen molar-refractivity contribution in [1.29, 1.82) is 0 Å². The number of thioether (sulfide) groups is 1. The second-order valence-electron chi connectivity index (χ2n) is 4.75. The number of methoxy groups -OCH3 is 2. The lowest BCUT2D eigenvalue weighted by atomic mass is 10.2. The number of pyridine rings is 1. The maximum Gasteiger partial charge on any atom is 0.277 e. The number of nitrogens with zero attached hydrogens (tertiary/aromatic N) is 3. The molecule has 0 saturated heterocycles. The Kier molecular flexibility index (Phi) is 5.22. The van der Waals surface area contributed by atoms with Gasteiger partial charge < -0.3 is 13.9 Å². The number of ether oxygens (including phenoxy) is 2. The molecule has 1 aromatic carbocycles. The minimum atomic E-state index is 0.406. The summed E-state index contributed by atoms with van der Waals surface area (Å²) in [5.41, 5.74) is 1.76. The fourth-order valence-corrected chi connectivity index (χ4v) is 2.76. The molecule has 8 heteroatoms. The minimum absolute atomic E-state index is 0.406. The van der Waals surface area contributed by atoms with Crippen LogP contribution in [0, 0.1) is 0 Å². The second-order valence-corrected chi connectivity index (χ2v) is 6.07. The van der Waals surface area contributed by atoms with Gasteiger partial charge in [0.15, 0.2) is 0 Å². The van der Waals surface area contributed by atoms with Crippen molar-refractivity contribution < 1.29 is 13.9 Å². The second kappa shape index (κ2) is 7.55. The average Bonchev–Trinajstić information content (AvgIpc) is 3.10. The SMILES string of the molecule is COc1cc(OC)cc(-c2nnc(SCc3ccc(Cl)nc3)o2)c1. The molecular weight excluding hydrogens is 350 g/mol. The van der Waals surface area contributed by atoms with Crippen molar-refractivity contribution in [3.05, 3.63) is 47.2 Å². The summed E-state index contributed by atoms with van der Waals surface area (Å²) in [6.45, 7) is 0. The van der Waals surface area contributed by atoms with Gasteiger partial charge in [0.05, 0.1) is 14.2 Å². The average molecular weight is 364 g/mol. The molecule has 0 bridgehead atoms. The van der Waals surface area contributed by atoms with E-state index in [0.717, 1.165) is 11.1 Å². The molecule has 0 spiro atoms.